The number of hydrogen-bond donors (Lipinski definition) is 1. The molecule has 1 N–H and O–H groups in total. The van der Waals surface area contributed by atoms with Gasteiger partial charge in [0.2, 0.25) is 0 Å². The molecule has 1 aromatic carbocycles. The molecule has 0 aliphatic rings. The van der Waals surface area contributed by atoms with Crippen molar-refractivity contribution in [2.75, 3.05) is 0 Å². The smallest absolute Gasteiger partial charge is 0.388 e. The van der Waals surface area contributed by atoms with Gasteiger partial charge in [-0.25, -0.2) is 8.78 Å². The van der Waals surface area contributed by atoms with Crippen LogP contribution in [0.5, 0.6) is 0 Å². The van der Waals surface area contributed by atoms with Crippen LogP contribution in [0.4, 0.5) is 22.0 Å². The second-order valence-corrected chi connectivity index (χ2v) is 4.23. The maximum absolute atomic E-state index is 13.1. The van der Waals surface area contributed by atoms with Crippen LogP contribution in [-0.4, -0.2) is 11.3 Å². The van der Waals surface area contributed by atoms with E-state index in [2.05, 4.69) is 15.9 Å². The fraction of sp³-hybridized carbons (Fsp3) is 0.400. The zero-order valence-electron chi connectivity index (χ0n) is 8.36. The minimum Gasteiger partial charge on any atom is -0.388 e. The number of aliphatic hydroxyl groups excluding tert-OH is 1. The molecule has 0 aliphatic carbocycles. The van der Waals surface area contributed by atoms with Crippen LogP contribution < -0.4 is 0 Å². The highest BCUT2D eigenvalue weighted by Gasteiger charge is 2.29. The van der Waals surface area contributed by atoms with Gasteiger partial charge in [0.15, 0.2) is 11.6 Å². The van der Waals surface area contributed by atoms with E-state index in [0.717, 1.165) is 12.1 Å². The van der Waals surface area contributed by atoms with E-state index in [9.17, 15) is 27.1 Å². The lowest BCUT2D eigenvalue weighted by molar-refractivity contribution is -0.140. The van der Waals surface area contributed by atoms with Crippen LogP contribution >= 0.6 is 15.9 Å². The second kappa shape index (κ2) is 5.30. The Bertz CT molecular complexity index is 404. The highest BCUT2D eigenvalue weighted by Crippen LogP contribution is 2.32. The van der Waals surface area contributed by atoms with E-state index in [-0.39, 0.29) is 10.0 Å². The predicted octanol–water partition coefficient (Wildman–Crippen LogP) is 4.10. The number of hydrogen-bond acceptors (Lipinski definition) is 1. The molecule has 0 aliphatic heterocycles. The molecule has 0 fully saturated rings. The zero-order valence-corrected chi connectivity index (χ0v) is 9.95. The first-order valence-electron chi connectivity index (χ1n) is 4.60. The molecule has 0 aromatic heterocycles. The lowest BCUT2D eigenvalue weighted by Crippen LogP contribution is -2.10. The van der Waals surface area contributed by atoms with Crippen molar-refractivity contribution < 1.29 is 27.1 Å². The first kappa shape index (κ1) is 14.4. The largest absolute Gasteiger partial charge is 0.389 e. The van der Waals surface area contributed by atoms with Gasteiger partial charge in [0.25, 0.3) is 0 Å². The summed E-state index contributed by atoms with van der Waals surface area (Å²) in [4.78, 5) is 0. The third-order valence-electron chi connectivity index (χ3n) is 2.13. The van der Waals surface area contributed by atoms with Gasteiger partial charge in [0, 0.05) is 6.42 Å². The second-order valence-electron chi connectivity index (χ2n) is 3.43. The van der Waals surface area contributed by atoms with Crippen molar-refractivity contribution >= 4 is 15.9 Å². The quantitative estimate of drug-likeness (QED) is 0.657. The number of aliphatic hydroxyl groups is 1. The SMILES string of the molecule is OC(CCC(F)(F)F)c1ccc(F)c(F)c1Br. The van der Waals surface area contributed by atoms with E-state index in [4.69, 9.17) is 0 Å². The predicted molar refractivity (Wildman–Crippen MR) is 54.3 cm³/mol. The fourth-order valence-corrected chi connectivity index (χ4v) is 1.84. The van der Waals surface area contributed by atoms with E-state index in [0.29, 0.717) is 0 Å². The molecule has 0 amide bonds. The summed E-state index contributed by atoms with van der Waals surface area (Å²) in [7, 11) is 0. The van der Waals surface area contributed by atoms with Crippen LogP contribution in [0, 0.1) is 11.6 Å². The molecular weight excluding hydrogens is 311 g/mol. The average Bonchev–Trinajstić information content (AvgIpc) is 2.22. The summed E-state index contributed by atoms with van der Waals surface area (Å²) in [6, 6.07) is 1.80. The van der Waals surface area contributed by atoms with Crippen molar-refractivity contribution in [2.24, 2.45) is 0 Å². The highest BCUT2D eigenvalue weighted by atomic mass is 79.9. The molecule has 1 unspecified atom stereocenters. The number of halogens is 6. The summed E-state index contributed by atoms with van der Waals surface area (Å²) >= 11 is 2.70. The average molecular weight is 319 g/mol. The van der Waals surface area contributed by atoms with E-state index >= 15 is 0 Å². The monoisotopic (exact) mass is 318 g/mol. The van der Waals surface area contributed by atoms with Gasteiger partial charge in [0.05, 0.1) is 10.6 Å². The molecule has 0 saturated heterocycles. The molecule has 0 radical (unpaired) electrons. The van der Waals surface area contributed by atoms with Gasteiger partial charge in [-0.1, -0.05) is 6.07 Å². The molecule has 0 saturated carbocycles. The molecule has 1 aromatic rings. The molecule has 7 heteroatoms. The number of rotatable bonds is 3. The Hall–Kier alpha value is -0.690. The van der Waals surface area contributed by atoms with Crippen molar-refractivity contribution in [3.63, 3.8) is 0 Å². The summed E-state index contributed by atoms with van der Waals surface area (Å²) in [6.45, 7) is 0. The maximum atomic E-state index is 13.1. The summed E-state index contributed by atoms with van der Waals surface area (Å²) in [6.07, 6.45) is -7.69. The van der Waals surface area contributed by atoms with Gasteiger partial charge in [-0.05, 0) is 34.0 Å². The van der Waals surface area contributed by atoms with Crippen molar-refractivity contribution in [1.29, 1.82) is 0 Å². The summed E-state index contributed by atoms with van der Waals surface area (Å²) in [5, 5.41) is 9.46. The fourth-order valence-electron chi connectivity index (χ4n) is 1.25. The van der Waals surface area contributed by atoms with Crippen LogP contribution in [0.1, 0.15) is 24.5 Å². The van der Waals surface area contributed by atoms with Crippen LogP contribution in [0.2, 0.25) is 0 Å². The van der Waals surface area contributed by atoms with Crippen LogP contribution in [0.25, 0.3) is 0 Å². The molecular formula is C10H8BrF5O. The Kier molecular flexibility index (Phi) is 4.48. The van der Waals surface area contributed by atoms with Crippen molar-refractivity contribution in [2.45, 2.75) is 25.1 Å². The Morgan fingerprint density at radius 3 is 2.35 bits per heavy atom. The Labute approximate surface area is 102 Å². The molecule has 1 atom stereocenters. The van der Waals surface area contributed by atoms with Crippen LogP contribution in [0.3, 0.4) is 0 Å². The Morgan fingerprint density at radius 2 is 1.82 bits per heavy atom. The van der Waals surface area contributed by atoms with E-state index < -0.39 is 36.8 Å². The van der Waals surface area contributed by atoms with E-state index in [1.807, 2.05) is 0 Å². The van der Waals surface area contributed by atoms with Gasteiger partial charge in [-0.3, -0.25) is 0 Å². The molecule has 0 spiro atoms. The molecule has 1 nitrogen and oxygen atoms in total. The number of alkyl halides is 3. The van der Waals surface area contributed by atoms with E-state index in [1.165, 1.54) is 0 Å². The molecule has 1 rings (SSSR count). The third kappa shape index (κ3) is 3.92. The molecule has 17 heavy (non-hydrogen) atoms. The number of benzene rings is 1. The lowest BCUT2D eigenvalue weighted by atomic mass is 10.0. The normalized spacial score (nSPS) is 13.8. The Balaban J connectivity index is 2.83. The van der Waals surface area contributed by atoms with Crippen LogP contribution in [0.15, 0.2) is 16.6 Å². The molecule has 0 heterocycles. The maximum Gasteiger partial charge on any atom is 0.389 e. The van der Waals surface area contributed by atoms with Crippen molar-refractivity contribution in [1.82, 2.24) is 0 Å². The van der Waals surface area contributed by atoms with Gasteiger partial charge < -0.3 is 5.11 Å². The van der Waals surface area contributed by atoms with Crippen molar-refractivity contribution in [3.8, 4) is 0 Å². The highest BCUT2D eigenvalue weighted by molar-refractivity contribution is 9.10. The standard InChI is InChI=1S/C10H8BrF5O/c11-8-5(1-2-6(12)9(8)13)7(17)3-4-10(14,15)16/h1-2,7,17H,3-4H2. The van der Waals surface area contributed by atoms with Crippen LogP contribution in [-0.2, 0) is 0 Å². The first-order valence-corrected chi connectivity index (χ1v) is 5.40. The minimum absolute atomic E-state index is 0.104. The Morgan fingerprint density at radius 1 is 1.24 bits per heavy atom. The van der Waals surface area contributed by atoms with Gasteiger partial charge in [-0.15, -0.1) is 0 Å². The minimum atomic E-state index is -4.40. The summed E-state index contributed by atoms with van der Waals surface area (Å²) in [5.41, 5.74) is -0.104. The summed E-state index contributed by atoms with van der Waals surface area (Å²) in [5.74, 6) is -2.36. The van der Waals surface area contributed by atoms with Crippen molar-refractivity contribution in [3.05, 3.63) is 33.8 Å². The molecule has 96 valence electrons. The zero-order chi connectivity index (χ0) is 13.2. The topological polar surface area (TPSA) is 20.2 Å². The van der Waals surface area contributed by atoms with Gasteiger partial charge in [0.1, 0.15) is 0 Å². The lowest BCUT2D eigenvalue weighted by Gasteiger charge is -2.14. The third-order valence-corrected chi connectivity index (χ3v) is 2.93. The molecule has 0 bridgehead atoms. The van der Waals surface area contributed by atoms with Gasteiger partial charge >= 0.3 is 6.18 Å². The first-order chi connectivity index (χ1) is 7.72. The van der Waals surface area contributed by atoms with E-state index in [1.54, 1.807) is 0 Å². The van der Waals surface area contributed by atoms with Gasteiger partial charge in [-0.2, -0.15) is 13.2 Å². The summed E-state index contributed by atoms with van der Waals surface area (Å²) < 4.78 is 61.2.